The predicted molar refractivity (Wildman–Crippen MR) is 72.0 cm³/mol. The number of rotatable bonds is 4. The Morgan fingerprint density at radius 3 is 2.50 bits per heavy atom. The average Bonchev–Trinajstić information content (AvgIpc) is 2.87. The highest BCUT2D eigenvalue weighted by molar-refractivity contribution is 6.53. The average molecular weight is 295 g/mol. The van der Waals surface area contributed by atoms with Gasteiger partial charge in [0.15, 0.2) is 0 Å². The number of nitrogens with zero attached hydrogens (tertiary/aromatic N) is 1. The summed E-state index contributed by atoms with van der Waals surface area (Å²) in [5.41, 5.74) is -0.624. The summed E-state index contributed by atoms with van der Waals surface area (Å²) in [5, 5.41) is 2.95. The van der Waals surface area contributed by atoms with Gasteiger partial charge in [0.05, 0.1) is 18.6 Å². The molecule has 1 amide bonds. The van der Waals surface area contributed by atoms with E-state index in [1.807, 2.05) is 6.92 Å². The molecule has 2 rings (SSSR count). The molecule has 0 bridgehead atoms. The van der Waals surface area contributed by atoms with Crippen LogP contribution in [0.3, 0.4) is 0 Å². The van der Waals surface area contributed by atoms with Crippen LogP contribution in [0.25, 0.3) is 0 Å². The fraction of sp³-hybridized carbons (Fsp3) is 0.917. The summed E-state index contributed by atoms with van der Waals surface area (Å²) >= 11 is 12.0. The first-order valence-corrected chi connectivity index (χ1v) is 7.10. The lowest BCUT2D eigenvalue weighted by molar-refractivity contribution is -0.126. The van der Waals surface area contributed by atoms with E-state index in [9.17, 15) is 4.79 Å². The van der Waals surface area contributed by atoms with E-state index in [0.717, 1.165) is 26.3 Å². The molecule has 1 saturated heterocycles. The Morgan fingerprint density at radius 1 is 1.44 bits per heavy atom. The Labute approximate surface area is 118 Å². The van der Waals surface area contributed by atoms with Crippen LogP contribution in [0.2, 0.25) is 0 Å². The molecule has 0 unspecified atom stereocenters. The van der Waals surface area contributed by atoms with Crippen molar-refractivity contribution in [1.29, 1.82) is 0 Å². The number of hydrogen-bond donors (Lipinski definition) is 1. The van der Waals surface area contributed by atoms with Crippen molar-refractivity contribution in [3.8, 4) is 0 Å². The first-order valence-electron chi connectivity index (χ1n) is 6.35. The first-order chi connectivity index (χ1) is 8.37. The summed E-state index contributed by atoms with van der Waals surface area (Å²) in [5.74, 6) is -0.0485. The zero-order chi connectivity index (χ0) is 13.4. The van der Waals surface area contributed by atoms with Gasteiger partial charge in [-0.2, -0.15) is 0 Å². The number of halogens is 2. The zero-order valence-corrected chi connectivity index (χ0v) is 12.4. The Hall–Kier alpha value is -0.0300. The second-order valence-electron chi connectivity index (χ2n) is 5.42. The standard InChI is InChI=1S/C12H20Cl2N2O2/c1-9(16-3-5-18-6-4-16)7-15-10(17)11(2)8-12(11,13)14/h9H,3-8H2,1-2H3,(H,15,17)/t9-,11-/m1/s1. The summed E-state index contributed by atoms with van der Waals surface area (Å²) in [6, 6.07) is 0.306. The van der Waals surface area contributed by atoms with Crippen molar-refractivity contribution in [3.05, 3.63) is 0 Å². The summed E-state index contributed by atoms with van der Waals surface area (Å²) in [6.45, 7) is 7.91. The maximum absolute atomic E-state index is 12.0. The molecule has 4 nitrogen and oxygen atoms in total. The Bertz CT molecular complexity index is 332. The third-order valence-electron chi connectivity index (χ3n) is 3.99. The lowest BCUT2D eigenvalue weighted by Gasteiger charge is -2.32. The van der Waals surface area contributed by atoms with E-state index in [2.05, 4.69) is 17.1 Å². The molecular weight excluding hydrogens is 275 g/mol. The van der Waals surface area contributed by atoms with Crippen molar-refractivity contribution in [1.82, 2.24) is 10.2 Å². The number of alkyl halides is 2. The molecule has 1 N–H and O–H groups in total. The van der Waals surface area contributed by atoms with Gasteiger partial charge >= 0.3 is 0 Å². The van der Waals surface area contributed by atoms with E-state index < -0.39 is 9.75 Å². The van der Waals surface area contributed by atoms with Crippen molar-refractivity contribution in [2.24, 2.45) is 5.41 Å². The van der Waals surface area contributed by atoms with Crippen LogP contribution in [0.4, 0.5) is 0 Å². The Kier molecular flexibility index (Phi) is 4.12. The van der Waals surface area contributed by atoms with Crippen LogP contribution in [0, 0.1) is 5.41 Å². The van der Waals surface area contributed by atoms with Crippen molar-refractivity contribution < 1.29 is 9.53 Å². The molecule has 0 aromatic carbocycles. The number of morpholine rings is 1. The van der Waals surface area contributed by atoms with Crippen molar-refractivity contribution in [3.63, 3.8) is 0 Å². The SMILES string of the molecule is C[C@H](CNC(=O)[C@@]1(C)CC1(Cl)Cl)N1CCOCC1. The highest BCUT2D eigenvalue weighted by Crippen LogP contribution is 2.63. The van der Waals surface area contributed by atoms with Gasteiger partial charge in [-0.15, -0.1) is 23.2 Å². The second-order valence-corrected chi connectivity index (χ2v) is 6.90. The molecule has 0 aromatic heterocycles. The quantitative estimate of drug-likeness (QED) is 0.797. The summed E-state index contributed by atoms with van der Waals surface area (Å²) in [7, 11) is 0. The van der Waals surface area contributed by atoms with Gasteiger partial charge in [0.25, 0.3) is 0 Å². The van der Waals surface area contributed by atoms with Crippen molar-refractivity contribution in [2.45, 2.75) is 30.6 Å². The van der Waals surface area contributed by atoms with Gasteiger partial charge in [-0.05, 0) is 20.3 Å². The third-order valence-corrected chi connectivity index (χ3v) is 5.09. The second kappa shape index (κ2) is 5.16. The lowest BCUT2D eigenvalue weighted by Crippen LogP contribution is -2.48. The molecular formula is C12H20Cl2N2O2. The van der Waals surface area contributed by atoms with Gasteiger partial charge in [-0.1, -0.05) is 0 Å². The fourth-order valence-electron chi connectivity index (χ4n) is 2.23. The molecule has 0 spiro atoms. The van der Waals surface area contributed by atoms with Crippen LogP contribution in [-0.2, 0) is 9.53 Å². The minimum absolute atomic E-state index is 0.0485. The molecule has 104 valence electrons. The number of ether oxygens (including phenoxy) is 1. The Morgan fingerprint density at radius 2 is 2.00 bits per heavy atom. The normalized spacial score (nSPS) is 32.9. The number of amides is 1. The van der Waals surface area contributed by atoms with E-state index in [1.165, 1.54) is 0 Å². The van der Waals surface area contributed by atoms with Crippen molar-refractivity contribution >= 4 is 29.1 Å². The highest BCUT2D eigenvalue weighted by atomic mass is 35.5. The van der Waals surface area contributed by atoms with Gasteiger partial charge in [-0.3, -0.25) is 9.69 Å². The molecule has 2 atom stereocenters. The van der Waals surface area contributed by atoms with Gasteiger partial charge in [0.1, 0.15) is 4.33 Å². The van der Waals surface area contributed by atoms with E-state index in [-0.39, 0.29) is 5.91 Å². The van der Waals surface area contributed by atoms with Crippen LogP contribution in [0.15, 0.2) is 0 Å². The number of hydrogen-bond acceptors (Lipinski definition) is 3. The van der Waals surface area contributed by atoms with E-state index in [0.29, 0.717) is 19.0 Å². The topological polar surface area (TPSA) is 41.6 Å². The van der Waals surface area contributed by atoms with Crippen LogP contribution in [0.1, 0.15) is 20.3 Å². The molecule has 1 saturated carbocycles. The van der Waals surface area contributed by atoms with Gasteiger partial charge in [0.2, 0.25) is 5.91 Å². The first kappa shape index (κ1) is 14.4. The van der Waals surface area contributed by atoms with Gasteiger partial charge < -0.3 is 10.1 Å². The maximum atomic E-state index is 12.0. The molecule has 1 aliphatic heterocycles. The Balaban J connectivity index is 1.76. The van der Waals surface area contributed by atoms with E-state index >= 15 is 0 Å². The molecule has 1 aliphatic carbocycles. The summed E-state index contributed by atoms with van der Waals surface area (Å²) in [6.07, 6.45) is 0.529. The maximum Gasteiger partial charge on any atom is 0.229 e. The summed E-state index contributed by atoms with van der Waals surface area (Å²) < 4.78 is 4.41. The molecule has 2 fully saturated rings. The summed E-state index contributed by atoms with van der Waals surface area (Å²) in [4.78, 5) is 14.3. The van der Waals surface area contributed by atoms with E-state index in [1.54, 1.807) is 0 Å². The number of nitrogens with one attached hydrogen (secondary N) is 1. The largest absolute Gasteiger partial charge is 0.379 e. The molecule has 0 radical (unpaired) electrons. The van der Waals surface area contributed by atoms with Crippen LogP contribution < -0.4 is 5.32 Å². The van der Waals surface area contributed by atoms with Crippen molar-refractivity contribution in [2.75, 3.05) is 32.8 Å². The van der Waals surface area contributed by atoms with E-state index in [4.69, 9.17) is 27.9 Å². The highest BCUT2D eigenvalue weighted by Gasteiger charge is 2.67. The third kappa shape index (κ3) is 2.77. The van der Waals surface area contributed by atoms with Crippen LogP contribution >= 0.6 is 23.2 Å². The van der Waals surface area contributed by atoms with Crippen LogP contribution in [0.5, 0.6) is 0 Å². The molecule has 1 heterocycles. The smallest absolute Gasteiger partial charge is 0.229 e. The fourth-order valence-corrected chi connectivity index (χ4v) is 2.94. The number of carbonyl (C=O) groups excluding carboxylic acids is 1. The molecule has 18 heavy (non-hydrogen) atoms. The minimum atomic E-state index is -0.890. The zero-order valence-electron chi connectivity index (χ0n) is 10.8. The lowest BCUT2D eigenvalue weighted by atomic mass is 10.1. The monoisotopic (exact) mass is 294 g/mol. The molecule has 6 heteroatoms. The minimum Gasteiger partial charge on any atom is -0.379 e. The predicted octanol–water partition coefficient (Wildman–Crippen LogP) is 1.41. The number of carbonyl (C=O) groups is 1. The molecule has 0 aromatic rings. The van der Waals surface area contributed by atoms with Gasteiger partial charge in [0, 0.05) is 25.7 Å². The van der Waals surface area contributed by atoms with Crippen LogP contribution in [-0.4, -0.2) is 54.0 Å². The molecule has 2 aliphatic rings. The van der Waals surface area contributed by atoms with Gasteiger partial charge in [-0.25, -0.2) is 0 Å².